The standard InChI is InChI=1S/C29H29N5OS.ClH/c1-4-33(17-19-12-8-6-9-13-19)28-32-27(31)29(36-28)25-23-18(3)21(20-14-10-7-11-15-20)16-22(35-5-2)24(23)26(30)34(25)29;/h6-16,25,30-31H,4-5,17H2,1-3H3;1H. The van der Waals surface area contributed by atoms with E-state index in [1.54, 1.807) is 11.8 Å². The van der Waals surface area contributed by atoms with Crippen LogP contribution < -0.4 is 4.74 Å². The third-order valence-corrected chi connectivity index (χ3v) is 8.77. The largest absolute Gasteiger partial charge is 0.493 e. The van der Waals surface area contributed by atoms with Gasteiger partial charge in [0, 0.05) is 13.1 Å². The van der Waals surface area contributed by atoms with Gasteiger partial charge in [-0.1, -0.05) is 60.7 Å². The van der Waals surface area contributed by atoms with Crippen LogP contribution in [0.25, 0.3) is 11.1 Å². The lowest BCUT2D eigenvalue weighted by Gasteiger charge is -2.24. The van der Waals surface area contributed by atoms with Crippen LogP contribution in [0.15, 0.2) is 71.7 Å². The lowest BCUT2D eigenvalue weighted by atomic mass is 9.89. The van der Waals surface area contributed by atoms with Gasteiger partial charge in [0.2, 0.25) is 0 Å². The quantitative estimate of drug-likeness (QED) is 0.357. The van der Waals surface area contributed by atoms with Crippen molar-refractivity contribution in [1.29, 1.82) is 10.8 Å². The minimum Gasteiger partial charge on any atom is -0.493 e. The second-order valence-electron chi connectivity index (χ2n) is 9.30. The zero-order valence-corrected chi connectivity index (χ0v) is 22.7. The number of hydrogen-bond donors (Lipinski definition) is 2. The van der Waals surface area contributed by atoms with E-state index in [-0.39, 0.29) is 18.4 Å². The number of ether oxygens (including phenoxy) is 1. The van der Waals surface area contributed by atoms with Crippen molar-refractivity contribution in [2.45, 2.75) is 38.2 Å². The summed E-state index contributed by atoms with van der Waals surface area (Å²) in [6.07, 6.45) is 0. The summed E-state index contributed by atoms with van der Waals surface area (Å²) in [5.74, 6) is 1.51. The van der Waals surface area contributed by atoms with E-state index in [9.17, 15) is 0 Å². The van der Waals surface area contributed by atoms with Gasteiger partial charge in [-0.2, -0.15) is 0 Å². The molecule has 1 saturated heterocycles. The van der Waals surface area contributed by atoms with Crippen molar-refractivity contribution >= 4 is 41.0 Å². The molecule has 0 saturated carbocycles. The molecule has 0 aliphatic carbocycles. The van der Waals surface area contributed by atoms with Crippen molar-refractivity contribution in [3.8, 4) is 16.9 Å². The Morgan fingerprint density at radius 2 is 1.73 bits per heavy atom. The van der Waals surface area contributed by atoms with Gasteiger partial charge in [-0.05, 0) is 66.4 Å². The first-order valence-corrected chi connectivity index (χ1v) is 13.2. The van der Waals surface area contributed by atoms with E-state index in [1.807, 2.05) is 31.2 Å². The lowest BCUT2D eigenvalue weighted by molar-refractivity contribution is 0.339. The maximum atomic E-state index is 9.12. The molecule has 3 aliphatic rings. The van der Waals surface area contributed by atoms with E-state index in [2.05, 4.69) is 66.1 Å². The van der Waals surface area contributed by atoms with E-state index < -0.39 is 4.87 Å². The van der Waals surface area contributed by atoms with Gasteiger partial charge in [0.25, 0.3) is 0 Å². The van der Waals surface area contributed by atoms with Crippen molar-refractivity contribution in [2.24, 2.45) is 4.99 Å². The molecular weight excluding hydrogens is 502 g/mol. The number of thioether (sulfide) groups is 1. The van der Waals surface area contributed by atoms with Crippen LogP contribution in [0.4, 0.5) is 0 Å². The molecule has 2 atom stereocenters. The number of aliphatic imine (C=N–C) groups is 1. The van der Waals surface area contributed by atoms with Gasteiger partial charge in [0.1, 0.15) is 11.6 Å². The van der Waals surface area contributed by atoms with Gasteiger partial charge in [0.05, 0.1) is 18.2 Å². The van der Waals surface area contributed by atoms with Gasteiger partial charge in [-0.3, -0.25) is 10.8 Å². The Balaban J connectivity index is 0.00000280. The van der Waals surface area contributed by atoms with Crippen LogP contribution in [0.3, 0.4) is 0 Å². The van der Waals surface area contributed by atoms with Crippen LogP contribution >= 0.6 is 24.2 Å². The number of amidine groups is 3. The maximum absolute atomic E-state index is 9.12. The Bertz CT molecular complexity index is 1410. The molecular formula is C29H30ClN5OS. The van der Waals surface area contributed by atoms with Gasteiger partial charge < -0.3 is 14.5 Å². The molecule has 0 radical (unpaired) electrons. The molecule has 3 aromatic rings. The second-order valence-corrected chi connectivity index (χ2v) is 10.5. The van der Waals surface area contributed by atoms with Crippen LogP contribution in [0.2, 0.25) is 0 Å². The lowest BCUT2D eigenvalue weighted by Crippen LogP contribution is -2.30. The average molecular weight is 532 g/mol. The first-order chi connectivity index (χ1) is 17.5. The number of nitrogens with zero attached hydrogens (tertiary/aromatic N) is 3. The van der Waals surface area contributed by atoms with Crippen LogP contribution in [0, 0.1) is 17.7 Å². The third-order valence-electron chi connectivity index (χ3n) is 7.32. The van der Waals surface area contributed by atoms with Crippen molar-refractivity contribution in [3.05, 3.63) is 89.0 Å². The molecule has 3 aromatic carbocycles. The Hall–Kier alpha value is -3.29. The average Bonchev–Trinajstić information content (AvgIpc) is 3.27. The highest BCUT2D eigenvalue weighted by molar-refractivity contribution is 8.16. The molecule has 1 fully saturated rings. The SMILES string of the molecule is CCOc1cc(-c2ccccc2)c(C)c2c1C(=N)N1C2C12SC(N(CC)Cc1ccccc1)=NC2=N.Cl. The fourth-order valence-corrected chi connectivity index (χ4v) is 7.01. The number of benzene rings is 3. The van der Waals surface area contributed by atoms with Crippen molar-refractivity contribution in [1.82, 2.24) is 9.80 Å². The molecule has 0 aromatic heterocycles. The molecule has 2 unspecified atom stereocenters. The van der Waals surface area contributed by atoms with Crippen molar-refractivity contribution in [2.75, 3.05) is 13.2 Å². The first kappa shape index (κ1) is 25.4. The molecule has 37 heavy (non-hydrogen) atoms. The molecule has 190 valence electrons. The van der Waals surface area contributed by atoms with Gasteiger partial charge >= 0.3 is 0 Å². The summed E-state index contributed by atoms with van der Waals surface area (Å²) in [4.78, 5) is 8.38. The second kappa shape index (κ2) is 9.54. The number of hydrogen-bond acceptors (Lipinski definition) is 5. The summed E-state index contributed by atoms with van der Waals surface area (Å²) in [5, 5.41) is 18.9. The Labute approximate surface area is 228 Å². The van der Waals surface area contributed by atoms with E-state index >= 15 is 0 Å². The molecule has 1 spiro atoms. The predicted octanol–water partition coefficient (Wildman–Crippen LogP) is 6.48. The topological polar surface area (TPSA) is 75.5 Å². The molecule has 8 heteroatoms. The van der Waals surface area contributed by atoms with Crippen molar-refractivity contribution < 1.29 is 4.74 Å². The smallest absolute Gasteiger partial charge is 0.180 e. The van der Waals surface area contributed by atoms with E-state index in [0.717, 1.165) is 51.8 Å². The maximum Gasteiger partial charge on any atom is 0.180 e. The Morgan fingerprint density at radius 1 is 1.05 bits per heavy atom. The molecule has 6 nitrogen and oxygen atoms in total. The van der Waals surface area contributed by atoms with Crippen LogP contribution in [0.1, 0.15) is 42.1 Å². The minimum atomic E-state index is -0.646. The highest BCUT2D eigenvalue weighted by atomic mass is 35.5. The molecule has 2 N–H and O–H groups in total. The molecule has 3 aliphatic heterocycles. The van der Waals surface area contributed by atoms with Crippen molar-refractivity contribution in [3.63, 3.8) is 0 Å². The Morgan fingerprint density at radius 3 is 2.38 bits per heavy atom. The van der Waals surface area contributed by atoms with E-state index in [0.29, 0.717) is 18.3 Å². The minimum absolute atomic E-state index is 0. The van der Waals surface area contributed by atoms with Crippen LogP contribution in [-0.2, 0) is 6.54 Å². The monoisotopic (exact) mass is 531 g/mol. The van der Waals surface area contributed by atoms with Crippen LogP contribution in [0.5, 0.6) is 5.75 Å². The number of halogens is 1. The zero-order chi connectivity index (χ0) is 25.0. The van der Waals surface area contributed by atoms with Gasteiger partial charge in [0.15, 0.2) is 15.9 Å². The summed E-state index contributed by atoms with van der Waals surface area (Å²) in [7, 11) is 0. The molecule has 0 amide bonds. The summed E-state index contributed by atoms with van der Waals surface area (Å²) in [6.45, 7) is 8.32. The van der Waals surface area contributed by atoms with E-state index in [4.69, 9.17) is 20.5 Å². The third kappa shape index (κ3) is 3.75. The van der Waals surface area contributed by atoms with Gasteiger partial charge in [-0.25, -0.2) is 4.99 Å². The fraction of sp³-hybridized carbons (Fsp3) is 0.276. The van der Waals surface area contributed by atoms with Gasteiger partial charge in [-0.15, -0.1) is 12.4 Å². The predicted molar refractivity (Wildman–Crippen MR) is 154 cm³/mol. The normalized spacial score (nSPS) is 20.9. The first-order valence-electron chi connectivity index (χ1n) is 12.4. The fourth-order valence-electron chi connectivity index (χ4n) is 5.55. The summed E-state index contributed by atoms with van der Waals surface area (Å²) >= 11 is 1.62. The summed E-state index contributed by atoms with van der Waals surface area (Å²) in [5.41, 5.74) is 6.57. The molecule has 6 rings (SSSR count). The summed E-state index contributed by atoms with van der Waals surface area (Å²) in [6, 6.07) is 22.7. The summed E-state index contributed by atoms with van der Waals surface area (Å²) < 4.78 is 6.06. The zero-order valence-electron chi connectivity index (χ0n) is 21.1. The molecule has 3 heterocycles. The highest BCUT2D eigenvalue weighted by Crippen LogP contribution is 2.69. The Kier molecular flexibility index (Phi) is 6.54. The number of nitrogens with one attached hydrogen (secondary N) is 2. The highest BCUT2D eigenvalue weighted by Gasteiger charge is 2.75. The van der Waals surface area contributed by atoms with Crippen LogP contribution in [-0.4, -0.2) is 44.7 Å². The molecule has 0 bridgehead atoms. The number of rotatable bonds is 6. The number of fused-ring (bicyclic) bond motifs is 5. The van der Waals surface area contributed by atoms with E-state index in [1.165, 1.54) is 5.56 Å².